The van der Waals surface area contributed by atoms with E-state index in [0.717, 1.165) is 16.1 Å². The molecule has 0 aliphatic rings. The summed E-state index contributed by atoms with van der Waals surface area (Å²) in [6, 6.07) is 5.26. The van der Waals surface area contributed by atoms with Crippen LogP contribution in [0.3, 0.4) is 0 Å². The van der Waals surface area contributed by atoms with E-state index in [9.17, 15) is 4.79 Å². The van der Waals surface area contributed by atoms with Gasteiger partial charge in [-0.1, -0.05) is 12.1 Å². The molecule has 0 unspecified atom stereocenters. The minimum Gasteiger partial charge on any atom is -0.478 e. The predicted molar refractivity (Wildman–Crippen MR) is 72.3 cm³/mol. The van der Waals surface area contributed by atoms with E-state index < -0.39 is 5.97 Å². The Morgan fingerprint density at radius 2 is 2.22 bits per heavy atom. The summed E-state index contributed by atoms with van der Waals surface area (Å²) in [5.74, 6) is -0.915. The molecule has 0 aliphatic carbocycles. The summed E-state index contributed by atoms with van der Waals surface area (Å²) < 4.78 is 0. The number of carbonyl (C=O) groups is 1. The number of rotatable bonds is 4. The van der Waals surface area contributed by atoms with Crippen molar-refractivity contribution in [2.45, 2.75) is 20.4 Å². The maximum atomic E-state index is 11.2. The molecule has 0 aliphatic heterocycles. The Morgan fingerprint density at radius 1 is 1.44 bits per heavy atom. The molecule has 0 bridgehead atoms. The van der Waals surface area contributed by atoms with Gasteiger partial charge in [-0.25, -0.2) is 9.78 Å². The van der Waals surface area contributed by atoms with Crippen LogP contribution in [0.15, 0.2) is 23.7 Å². The van der Waals surface area contributed by atoms with Crippen LogP contribution in [0.25, 0.3) is 0 Å². The van der Waals surface area contributed by atoms with Crippen LogP contribution in [-0.4, -0.2) is 16.1 Å². The lowest BCUT2D eigenvalue weighted by Crippen LogP contribution is -2.07. The largest absolute Gasteiger partial charge is 0.478 e. The summed E-state index contributed by atoms with van der Waals surface area (Å²) >= 11 is 1.57. The number of benzene rings is 1. The highest BCUT2D eigenvalue weighted by atomic mass is 32.1. The third-order valence-corrected chi connectivity index (χ3v) is 3.71. The van der Waals surface area contributed by atoms with Crippen molar-refractivity contribution in [3.63, 3.8) is 0 Å². The van der Waals surface area contributed by atoms with Crippen LogP contribution in [0, 0.1) is 13.8 Å². The zero-order chi connectivity index (χ0) is 13.1. The molecule has 2 rings (SSSR count). The fraction of sp³-hybridized carbons (Fsp3) is 0.231. The van der Waals surface area contributed by atoms with E-state index in [2.05, 4.69) is 10.3 Å². The summed E-state index contributed by atoms with van der Waals surface area (Å²) in [5, 5.41) is 12.3. The highest BCUT2D eigenvalue weighted by Gasteiger charge is 2.12. The normalized spacial score (nSPS) is 10.3. The van der Waals surface area contributed by atoms with Crippen molar-refractivity contribution < 1.29 is 9.90 Å². The molecule has 0 fully saturated rings. The van der Waals surface area contributed by atoms with E-state index in [0.29, 0.717) is 17.8 Å². The molecule has 1 heterocycles. The highest BCUT2D eigenvalue weighted by Crippen LogP contribution is 2.22. The number of aryl methyl sites for hydroxylation is 2. The summed E-state index contributed by atoms with van der Waals surface area (Å²) in [6.07, 6.45) is 0. The lowest BCUT2D eigenvalue weighted by Gasteiger charge is -2.12. The SMILES string of the molecule is Cc1cccc(C(=O)O)c1NCc1scnc1C. The van der Waals surface area contributed by atoms with Crippen LogP contribution in [0.2, 0.25) is 0 Å². The number of aromatic carboxylic acids is 1. The summed E-state index contributed by atoms with van der Waals surface area (Å²) in [5.41, 5.74) is 4.69. The van der Waals surface area contributed by atoms with Crippen molar-refractivity contribution in [3.8, 4) is 0 Å². The molecule has 94 valence electrons. The molecule has 0 atom stereocenters. The van der Waals surface area contributed by atoms with Gasteiger partial charge in [-0.05, 0) is 25.5 Å². The Morgan fingerprint density at radius 3 is 2.83 bits per heavy atom. The van der Waals surface area contributed by atoms with Crippen LogP contribution in [0.4, 0.5) is 5.69 Å². The topological polar surface area (TPSA) is 62.2 Å². The number of hydrogen-bond acceptors (Lipinski definition) is 4. The van der Waals surface area contributed by atoms with Crippen molar-refractivity contribution in [1.82, 2.24) is 4.98 Å². The van der Waals surface area contributed by atoms with E-state index in [-0.39, 0.29) is 0 Å². The van der Waals surface area contributed by atoms with E-state index in [4.69, 9.17) is 5.11 Å². The molecule has 2 N–H and O–H groups in total. The zero-order valence-electron chi connectivity index (χ0n) is 10.2. The van der Waals surface area contributed by atoms with Crippen molar-refractivity contribution >= 4 is 23.0 Å². The number of carboxylic acid groups (broad SMARTS) is 1. The van der Waals surface area contributed by atoms with Crippen molar-refractivity contribution in [1.29, 1.82) is 0 Å². The number of hydrogen-bond donors (Lipinski definition) is 2. The molecule has 18 heavy (non-hydrogen) atoms. The number of aromatic nitrogens is 1. The third-order valence-electron chi connectivity index (χ3n) is 2.77. The standard InChI is InChI=1S/C13H14N2O2S/c1-8-4-3-5-10(13(16)17)12(8)14-6-11-9(2)15-7-18-11/h3-5,7,14H,6H2,1-2H3,(H,16,17). The van der Waals surface area contributed by atoms with Crippen LogP contribution in [0.5, 0.6) is 0 Å². The van der Waals surface area contributed by atoms with Crippen molar-refractivity contribution in [3.05, 3.63) is 45.4 Å². The Labute approximate surface area is 109 Å². The number of nitrogens with zero attached hydrogens (tertiary/aromatic N) is 1. The molecule has 0 amide bonds. The fourth-order valence-electron chi connectivity index (χ4n) is 1.75. The molecule has 0 radical (unpaired) electrons. The average molecular weight is 262 g/mol. The van der Waals surface area contributed by atoms with Crippen LogP contribution in [0.1, 0.15) is 26.5 Å². The molecule has 5 heteroatoms. The van der Waals surface area contributed by atoms with Gasteiger partial charge in [-0.3, -0.25) is 0 Å². The van der Waals surface area contributed by atoms with Crippen molar-refractivity contribution in [2.75, 3.05) is 5.32 Å². The maximum Gasteiger partial charge on any atom is 0.337 e. The second-order valence-corrected chi connectivity index (χ2v) is 4.96. The van der Waals surface area contributed by atoms with Gasteiger partial charge in [0.2, 0.25) is 0 Å². The van der Waals surface area contributed by atoms with Gasteiger partial charge in [0.1, 0.15) is 0 Å². The maximum absolute atomic E-state index is 11.2. The molecular formula is C13H14N2O2S. The lowest BCUT2D eigenvalue weighted by molar-refractivity contribution is 0.0698. The van der Waals surface area contributed by atoms with E-state index >= 15 is 0 Å². The Balaban J connectivity index is 2.24. The molecule has 0 saturated heterocycles. The van der Waals surface area contributed by atoms with Gasteiger partial charge in [0, 0.05) is 4.88 Å². The molecule has 1 aromatic carbocycles. The van der Waals surface area contributed by atoms with Gasteiger partial charge < -0.3 is 10.4 Å². The van der Waals surface area contributed by atoms with Gasteiger partial charge in [0.15, 0.2) is 0 Å². The number of anilines is 1. The van der Waals surface area contributed by atoms with Crippen molar-refractivity contribution in [2.24, 2.45) is 0 Å². The minimum atomic E-state index is -0.915. The predicted octanol–water partition coefficient (Wildman–Crippen LogP) is 3.07. The van der Waals surface area contributed by atoms with Gasteiger partial charge in [-0.15, -0.1) is 11.3 Å². The second kappa shape index (κ2) is 5.18. The Kier molecular flexibility index (Phi) is 3.62. The molecule has 1 aromatic heterocycles. The minimum absolute atomic E-state index is 0.303. The molecule has 4 nitrogen and oxygen atoms in total. The third kappa shape index (κ3) is 2.51. The summed E-state index contributed by atoms with van der Waals surface area (Å²) in [4.78, 5) is 16.4. The number of thiazole rings is 1. The Hall–Kier alpha value is -1.88. The fourth-order valence-corrected chi connectivity index (χ4v) is 2.46. The smallest absolute Gasteiger partial charge is 0.337 e. The van der Waals surface area contributed by atoms with E-state index in [1.807, 2.05) is 19.9 Å². The van der Waals surface area contributed by atoms with Gasteiger partial charge in [0.25, 0.3) is 0 Å². The number of para-hydroxylation sites is 1. The lowest BCUT2D eigenvalue weighted by atomic mass is 10.1. The quantitative estimate of drug-likeness (QED) is 0.889. The monoisotopic (exact) mass is 262 g/mol. The first-order valence-electron chi connectivity index (χ1n) is 5.55. The summed E-state index contributed by atoms with van der Waals surface area (Å²) in [6.45, 7) is 4.44. The van der Waals surface area contributed by atoms with E-state index in [1.165, 1.54) is 0 Å². The first kappa shape index (κ1) is 12.6. The molecule has 0 spiro atoms. The second-order valence-electron chi connectivity index (χ2n) is 4.02. The van der Waals surface area contributed by atoms with E-state index in [1.54, 1.807) is 29.0 Å². The molecule has 0 saturated carbocycles. The summed E-state index contributed by atoms with van der Waals surface area (Å²) in [7, 11) is 0. The number of nitrogens with one attached hydrogen (secondary N) is 1. The Bertz CT molecular complexity index is 578. The van der Waals surface area contributed by atoms with Crippen LogP contribution < -0.4 is 5.32 Å². The van der Waals surface area contributed by atoms with Gasteiger partial charge in [-0.2, -0.15) is 0 Å². The highest BCUT2D eigenvalue weighted by molar-refractivity contribution is 7.09. The zero-order valence-corrected chi connectivity index (χ0v) is 11.0. The first-order valence-corrected chi connectivity index (χ1v) is 6.43. The number of carboxylic acids is 1. The van der Waals surface area contributed by atoms with Gasteiger partial charge in [0.05, 0.1) is 29.0 Å². The average Bonchev–Trinajstić information content (AvgIpc) is 2.73. The van der Waals surface area contributed by atoms with Crippen LogP contribution in [-0.2, 0) is 6.54 Å². The van der Waals surface area contributed by atoms with Gasteiger partial charge >= 0.3 is 5.97 Å². The van der Waals surface area contributed by atoms with Crippen LogP contribution >= 0.6 is 11.3 Å². The first-order chi connectivity index (χ1) is 8.59. The molecule has 2 aromatic rings. The molecular weight excluding hydrogens is 248 g/mol.